The predicted molar refractivity (Wildman–Crippen MR) is 130 cm³/mol. The molecule has 0 bridgehead atoms. The Morgan fingerprint density at radius 1 is 0.939 bits per heavy atom. The molecule has 0 unspecified atom stereocenters. The Balaban J connectivity index is 1.39. The normalized spacial score (nSPS) is 10.9. The molecular formula is C21H14Cl5N5O2. The number of hydrogen-bond donors (Lipinski definition) is 1. The number of anilines is 1. The number of nitrogens with one attached hydrogen (secondary N) is 1. The van der Waals surface area contributed by atoms with Crippen LogP contribution in [-0.2, 0) is 13.3 Å². The first-order valence-electron chi connectivity index (χ1n) is 9.38. The van der Waals surface area contributed by atoms with Crippen LogP contribution in [0.5, 0.6) is 5.75 Å². The van der Waals surface area contributed by atoms with Crippen LogP contribution in [-0.4, -0.2) is 25.5 Å². The van der Waals surface area contributed by atoms with E-state index in [1.54, 1.807) is 53.5 Å². The predicted octanol–water partition coefficient (Wildman–Crippen LogP) is 6.68. The number of nitrogens with zero attached hydrogens (tertiary/aromatic N) is 4. The summed E-state index contributed by atoms with van der Waals surface area (Å²) in [7, 11) is 0. The molecule has 2 heterocycles. The lowest BCUT2D eigenvalue weighted by Gasteiger charge is -2.08. The first kappa shape index (κ1) is 23.7. The average molecular weight is 546 g/mol. The highest BCUT2D eigenvalue weighted by molar-refractivity contribution is 6.42. The number of halogens is 5. The molecule has 0 aliphatic heterocycles. The van der Waals surface area contributed by atoms with Crippen LogP contribution in [0.3, 0.4) is 0 Å². The van der Waals surface area contributed by atoms with Gasteiger partial charge in [-0.2, -0.15) is 10.2 Å². The van der Waals surface area contributed by atoms with E-state index < -0.39 is 5.91 Å². The molecule has 33 heavy (non-hydrogen) atoms. The summed E-state index contributed by atoms with van der Waals surface area (Å²) >= 11 is 30.5. The molecule has 0 aliphatic rings. The Morgan fingerprint density at radius 3 is 2.55 bits per heavy atom. The fourth-order valence-electron chi connectivity index (χ4n) is 2.84. The van der Waals surface area contributed by atoms with Gasteiger partial charge in [-0.1, -0.05) is 70.1 Å². The molecule has 0 radical (unpaired) electrons. The van der Waals surface area contributed by atoms with E-state index >= 15 is 0 Å². The van der Waals surface area contributed by atoms with Gasteiger partial charge in [-0.05, 0) is 35.9 Å². The second kappa shape index (κ2) is 10.2. The third kappa shape index (κ3) is 5.75. The third-order valence-corrected chi connectivity index (χ3v) is 6.10. The molecule has 170 valence electrons. The number of carbonyl (C=O) groups is 1. The quantitative estimate of drug-likeness (QED) is 0.281. The summed E-state index contributed by atoms with van der Waals surface area (Å²) in [4.78, 5) is 12.6. The van der Waals surface area contributed by atoms with Gasteiger partial charge in [-0.15, -0.1) is 0 Å². The highest BCUT2D eigenvalue weighted by Crippen LogP contribution is 2.31. The lowest BCUT2D eigenvalue weighted by Crippen LogP contribution is -2.15. The first-order chi connectivity index (χ1) is 15.8. The molecule has 1 amide bonds. The monoisotopic (exact) mass is 543 g/mol. The van der Waals surface area contributed by atoms with Crippen molar-refractivity contribution in [2.45, 2.75) is 13.3 Å². The van der Waals surface area contributed by atoms with Gasteiger partial charge >= 0.3 is 0 Å². The molecule has 0 spiro atoms. The van der Waals surface area contributed by atoms with Crippen molar-refractivity contribution in [1.82, 2.24) is 19.6 Å². The Kier molecular flexibility index (Phi) is 7.36. The first-order valence-corrected chi connectivity index (χ1v) is 11.3. The fraction of sp³-hybridized carbons (Fsp3) is 0.0952. The van der Waals surface area contributed by atoms with E-state index in [4.69, 9.17) is 62.7 Å². The number of hydrogen-bond acceptors (Lipinski definition) is 4. The molecular weight excluding hydrogens is 532 g/mol. The van der Waals surface area contributed by atoms with Gasteiger partial charge in [0.2, 0.25) is 0 Å². The van der Waals surface area contributed by atoms with Crippen LogP contribution in [0.15, 0.2) is 54.9 Å². The number of ether oxygens (including phenoxy) is 1. The molecule has 2 aromatic carbocycles. The maximum Gasteiger partial charge on any atom is 0.277 e. The molecule has 0 aliphatic carbocycles. The zero-order chi connectivity index (χ0) is 23.5. The SMILES string of the molecule is O=C(Nc1nn(Cc2ccc(Cl)cc2Cl)cc1Cl)c1ccn(COc2cccc(Cl)c2Cl)n1. The molecule has 4 aromatic rings. The van der Waals surface area contributed by atoms with Gasteiger partial charge in [-0.3, -0.25) is 9.48 Å². The summed E-state index contributed by atoms with van der Waals surface area (Å²) < 4.78 is 8.61. The lowest BCUT2D eigenvalue weighted by atomic mass is 10.2. The largest absolute Gasteiger partial charge is 0.470 e. The van der Waals surface area contributed by atoms with E-state index in [1.165, 1.54) is 10.7 Å². The Hall–Kier alpha value is -2.42. The maximum atomic E-state index is 12.6. The summed E-state index contributed by atoms with van der Waals surface area (Å²) in [6, 6.07) is 11.8. The standard InChI is InChI=1S/C21H14Cl5N5O2/c22-13-5-4-12(15(24)8-13)9-31-10-16(25)20(29-31)27-21(32)17-6-7-30(28-17)11-33-18-3-1-2-14(23)19(18)26/h1-8,10H,9,11H2,(H,27,29,32). The number of carbonyl (C=O) groups excluding carboxylic acids is 1. The van der Waals surface area contributed by atoms with Crippen molar-refractivity contribution in [2.24, 2.45) is 0 Å². The van der Waals surface area contributed by atoms with Crippen molar-refractivity contribution in [3.8, 4) is 5.75 Å². The molecule has 0 atom stereocenters. The van der Waals surface area contributed by atoms with Crippen molar-refractivity contribution in [2.75, 3.05) is 5.32 Å². The van der Waals surface area contributed by atoms with E-state index in [1.807, 2.05) is 0 Å². The van der Waals surface area contributed by atoms with Gasteiger partial charge in [0.1, 0.15) is 15.8 Å². The number of rotatable bonds is 7. The third-order valence-electron chi connectivity index (χ3n) is 4.44. The molecule has 0 saturated heterocycles. The Morgan fingerprint density at radius 2 is 1.76 bits per heavy atom. The van der Waals surface area contributed by atoms with Crippen molar-refractivity contribution < 1.29 is 9.53 Å². The second-order valence-corrected chi connectivity index (χ2v) is 8.81. The zero-order valence-electron chi connectivity index (χ0n) is 16.6. The van der Waals surface area contributed by atoms with Crippen molar-refractivity contribution in [1.29, 1.82) is 0 Å². The highest BCUT2D eigenvalue weighted by Gasteiger charge is 2.16. The highest BCUT2D eigenvalue weighted by atomic mass is 35.5. The summed E-state index contributed by atoms with van der Waals surface area (Å²) in [5.41, 5.74) is 0.957. The van der Waals surface area contributed by atoms with Gasteiger partial charge in [0.05, 0.1) is 11.6 Å². The van der Waals surface area contributed by atoms with Crippen LogP contribution < -0.4 is 10.1 Å². The van der Waals surface area contributed by atoms with E-state index in [0.717, 1.165) is 5.56 Å². The number of aromatic nitrogens is 4. The Labute approximate surface area is 213 Å². The van der Waals surface area contributed by atoms with Gasteiger partial charge in [-0.25, -0.2) is 4.68 Å². The molecule has 4 rings (SSSR count). The summed E-state index contributed by atoms with van der Waals surface area (Å²) in [6.07, 6.45) is 3.18. The number of benzene rings is 2. The van der Waals surface area contributed by atoms with Crippen molar-refractivity contribution in [3.05, 3.63) is 91.2 Å². The van der Waals surface area contributed by atoms with E-state index in [-0.39, 0.29) is 23.3 Å². The van der Waals surface area contributed by atoms with Crippen LogP contribution in [0.25, 0.3) is 0 Å². The van der Waals surface area contributed by atoms with E-state index in [2.05, 4.69) is 15.5 Å². The maximum absolute atomic E-state index is 12.6. The molecule has 7 nitrogen and oxygen atoms in total. The van der Waals surface area contributed by atoms with E-state index in [0.29, 0.717) is 32.4 Å². The molecule has 2 aromatic heterocycles. The smallest absolute Gasteiger partial charge is 0.277 e. The van der Waals surface area contributed by atoms with Crippen LogP contribution in [0.2, 0.25) is 25.1 Å². The zero-order valence-corrected chi connectivity index (χ0v) is 20.4. The number of amides is 1. The molecule has 12 heteroatoms. The van der Waals surface area contributed by atoms with Crippen LogP contribution >= 0.6 is 58.0 Å². The minimum Gasteiger partial charge on any atom is -0.470 e. The lowest BCUT2D eigenvalue weighted by molar-refractivity contribution is 0.101. The molecule has 0 saturated carbocycles. The van der Waals surface area contributed by atoms with Gasteiger partial charge in [0, 0.05) is 22.4 Å². The van der Waals surface area contributed by atoms with Gasteiger partial charge in [0.15, 0.2) is 18.2 Å². The average Bonchev–Trinajstić information content (AvgIpc) is 3.38. The molecule has 1 N–H and O–H groups in total. The summed E-state index contributed by atoms with van der Waals surface area (Å²) in [5, 5.41) is 13.1. The van der Waals surface area contributed by atoms with Crippen LogP contribution in [0.1, 0.15) is 16.1 Å². The summed E-state index contributed by atoms with van der Waals surface area (Å²) in [6.45, 7) is 0.383. The van der Waals surface area contributed by atoms with Crippen LogP contribution in [0, 0.1) is 0 Å². The molecule has 0 fully saturated rings. The van der Waals surface area contributed by atoms with E-state index in [9.17, 15) is 4.79 Å². The fourth-order valence-corrected chi connectivity index (χ4v) is 3.86. The van der Waals surface area contributed by atoms with Crippen LogP contribution in [0.4, 0.5) is 5.82 Å². The van der Waals surface area contributed by atoms with Gasteiger partial charge in [0.25, 0.3) is 5.91 Å². The Bertz CT molecular complexity index is 1320. The van der Waals surface area contributed by atoms with Crippen molar-refractivity contribution in [3.63, 3.8) is 0 Å². The van der Waals surface area contributed by atoms with Gasteiger partial charge < -0.3 is 10.1 Å². The van der Waals surface area contributed by atoms with Crippen molar-refractivity contribution >= 4 is 69.7 Å². The second-order valence-electron chi connectivity index (χ2n) is 6.78. The minimum atomic E-state index is -0.480. The minimum absolute atomic E-state index is 0.0323. The topological polar surface area (TPSA) is 74.0 Å². The summed E-state index contributed by atoms with van der Waals surface area (Å²) in [5.74, 6) is 0.123.